The van der Waals surface area contributed by atoms with Gasteiger partial charge < -0.3 is 4.74 Å². The second-order valence-corrected chi connectivity index (χ2v) is 3.67. The highest BCUT2D eigenvalue weighted by Gasteiger charge is 2.07. The molecule has 0 bridgehead atoms. The quantitative estimate of drug-likeness (QED) is 0.635. The molecule has 0 aliphatic carbocycles. The minimum Gasteiger partial charge on any atom is -0.489 e. The first kappa shape index (κ1) is 8.36. The Kier molecular flexibility index (Phi) is 2.09. The number of fused-ring (bicyclic) bond motifs is 1. The Morgan fingerprint density at radius 3 is 2.92 bits per heavy atom. The van der Waals surface area contributed by atoms with E-state index in [0.29, 0.717) is 12.5 Å². The largest absolute Gasteiger partial charge is 0.489 e. The molecule has 0 N–H and O–H groups in total. The summed E-state index contributed by atoms with van der Waals surface area (Å²) < 4.78 is 5.47. The molecule has 0 radical (unpaired) electrons. The zero-order valence-electron chi connectivity index (χ0n) is 8.08. The van der Waals surface area contributed by atoms with Gasteiger partial charge >= 0.3 is 0 Å². The van der Waals surface area contributed by atoms with Crippen LogP contribution in [-0.2, 0) is 0 Å². The van der Waals surface area contributed by atoms with E-state index in [0.717, 1.165) is 5.75 Å². The summed E-state index contributed by atoms with van der Waals surface area (Å²) in [5.74, 6) is 1.59. The first-order valence-electron chi connectivity index (χ1n) is 4.70. The molecule has 0 unspecified atom stereocenters. The zero-order chi connectivity index (χ0) is 9.26. The van der Waals surface area contributed by atoms with E-state index in [1.807, 2.05) is 6.08 Å². The van der Waals surface area contributed by atoms with Gasteiger partial charge in [0.05, 0.1) is 0 Å². The molecular formula is C12H14O. The molecule has 0 aromatic heterocycles. The maximum absolute atomic E-state index is 5.47. The van der Waals surface area contributed by atoms with Crippen molar-refractivity contribution in [1.29, 1.82) is 0 Å². The van der Waals surface area contributed by atoms with Gasteiger partial charge in [0.25, 0.3) is 0 Å². The van der Waals surface area contributed by atoms with Gasteiger partial charge in [-0.1, -0.05) is 26.0 Å². The molecule has 68 valence electrons. The minimum atomic E-state index is 0.584. The van der Waals surface area contributed by atoms with Crippen molar-refractivity contribution >= 4 is 6.08 Å². The van der Waals surface area contributed by atoms with Crippen LogP contribution in [0.2, 0.25) is 0 Å². The summed E-state index contributed by atoms with van der Waals surface area (Å²) in [6.07, 6.45) is 4.18. The normalized spacial score (nSPS) is 14.1. The van der Waals surface area contributed by atoms with Crippen molar-refractivity contribution in [2.45, 2.75) is 19.8 Å². The van der Waals surface area contributed by atoms with E-state index in [-0.39, 0.29) is 0 Å². The SMILES string of the molecule is CC(C)c1ccc2c(c1)C=CCO2. The highest BCUT2D eigenvalue weighted by molar-refractivity contribution is 5.60. The lowest BCUT2D eigenvalue weighted by Crippen LogP contribution is -2.01. The molecule has 1 aromatic carbocycles. The van der Waals surface area contributed by atoms with E-state index in [4.69, 9.17) is 4.74 Å². The molecule has 1 nitrogen and oxygen atoms in total. The average molecular weight is 174 g/mol. The number of hydrogen-bond acceptors (Lipinski definition) is 1. The first-order chi connectivity index (χ1) is 6.27. The van der Waals surface area contributed by atoms with Crippen molar-refractivity contribution in [3.8, 4) is 5.75 Å². The van der Waals surface area contributed by atoms with Crippen molar-refractivity contribution in [1.82, 2.24) is 0 Å². The topological polar surface area (TPSA) is 9.23 Å². The van der Waals surface area contributed by atoms with Crippen LogP contribution in [0.15, 0.2) is 24.3 Å². The molecule has 13 heavy (non-hydrogen) atoms. The minimum absolute atomic E-state index is 0.584. The summed E-state index contributed by atoms with van der Waals surface area (Å²) in [5, 5.41) is 0. The van der Waals surface area contributed by atoms with Crippen LogP contribution < -0.4 is 4.74 Å². The fourth-order valence-electron chi connectivity index (χ4n) is 1.50. The maximum atomic E-state index is 5.47. The Labute approximate surface area is 79.0 Å². The van der Waals surface area contributed by atoms with Gasteiger partial charge in [-0.3, -0.25) is 0 Å². The molecule has 0 atom stereocenters. The lowest BCUT2D eigenvalue weighted by molar-refractivity contribution is 0.358. The highest BCUT2D eigenvalue weighted by Crippen LogP contribution is 2.27. The van der Waals surface area contributed by atoms with Gasteiger partial charge in [-0.15, -0.1) is 0 Å². The Bertz CT molecular complexity index is 337. The van der Waals surface area contributed by atoms with Gasteiger partial charge in [0.15, 0.2) is 0 Å². The molecule has 1 aromatic rings. The van der Waals surface area contributed by atoms with Crippen LogP contribution in [0.5, 0.6) is 5.75 Å². The van der Waals surface area contributed by atoms with Crippen molar-refractivity contribution < 1.29 is 4.74 Å². The van der Waals surface area contributed by atoms with Crippen molar-refractivity contribution in [3.63, 3.8) is 0 Å². The van der Waals surface area contributed by atoms with Gasteiger partial charge in [0.2, 0.25) is 0 Å². The van der Waals surface area contributed by atoms with Gasteiger partial charge in [-0.25, -0.2) is 0 Å². The first-order valence-corrected chi connectivity index (χ1v) is 4.70. The lowest BCUT2D eigenvalue weighted by atomic mass is 9.99. The van der Waals surface area contributed by atoms with E-state index in [1.165, 1.54) is 11.1 Å². The summed E-state index contributed by atoms with van der Waals surface area (Å²) in [4.78, 5) is 0. The molecule has 1 heteroatoms. The third kappa shape index (κ3) is 1.59. The lowest BCUT2D eigenvalue weighted by Gasteiger charge is -2.14. The van der Waals surface area contributed by atoms with Crippen LogP contribution in [0.25, 0.3) is 6.08 Å². The summed E-state index contributed by atoms with van der Waals surface area (Å²) in [5.41, 5.74) is 2.58. The molecule has 1 heterocycles. The molecule has 0 spiro atoms. The maximum Gasteiger partial charge on any atom is 0.127 e. The van der Waals surface area contributed by atoms with Crippen LogP contribution in [0.1, 0.15) is 30.9 Å². The molecule has 1 aliphatic rings. The molecule has 2 rings (SSSR count). The van der Waals surface area contributed by atoms with Crippen LogP contribution >= 0.6 is 0 Å². The van der Waals surface area contributed by atoms with Gasteiger partial charge in [0, 0.05) is 5.56 Å². The highest BCUT2D eigenvalue weighted by atomic mass is 16.5. The predicted molar refractivity (Wildman–Crippen MR) is 55.1 cm³/mol. The van der Waals surface area contributed by atoms with Crippen LogP contribution in [0, 0.1) is 0 Å². The molecular weight excluding hydrogens is 160 g/mol. The zero-order valence-corrected chi connectivity index (χ0v) is 8.08. The molecule has 0 amide bonds. The van der Waals surface area contributed by atoms with Gasteiger partial charge in [0.1, 0.15) is 12.4 Å². The number of hydrogen-bond donors (Lipinski definition) is 0. The number of rotatable bonds is 1. The van der Waals surface area contributed by atoms with Crippen molar-refractivity contribution in [2.24, 2.45) is 0 Å². The van der Waals surface area contributed by atoms with Crippen molar-refractivity contribution in [3.05, 3.63) is 35.4 Å². The standard InChI is InChI=1S/C12H14O/c1-9(2)10-5-6-12-11(8-10)4-3-7-13-12/h3-6,8-9H,7H2,1-2H3. The summed E-state index contributed by atoms with van der Waals surface area (Å²) in [6, 6.07) is 6.41. The van der Waals surface area contributed by atoms with E-state index >= 15 is 0 Å². The smallest absolute Gasteiger partial charge is 0.127 e. The number of benzene rings is 1. The predicted octanol–water partition coefficient (Wildman–Crippen LogP) is 3.22. The Hall–Kier alpha value is -1.24. The van der Waals surface area contributed by atoms with E-state index in [9.17, 15) is 0 Å². The summed E-state index contributed by atoms with van der Waals surface area (Å²) >= 11 is 0. The molecule has 0 saturated carbocycles. The average Bonchev–Trinajstić information content (AvgIpc) is 2.17. The van der Waals surface area contributed by atoms with E-state index in [2.05, 4.69) is 38.1 Å². The Morgan fingerprint density at radius 2 is 2.15 bits per heavy atom. The molecule has 0 fully saturated rings. The third-order valence-electron chi connectivity index (χ3n) is 2.33. The summed E-state index contributed by atoms with van der Waals surface area (Å²) in [7, 11) is 0. The number of ether oxygens (including phenoxy) is 1. The summed E-state index contributed by atoms with van der Waals surface area (Å²) in [6.45, 7) is 5.11. The van der Waals surface area contributed by atoms with Crippen LogP contribution in [-0.4, -0.2) is 6.61 Å². The van der Waals surface area contributed by atoms with Gasteiger partial charge in [-0.2, -0.15) is 0 Å². The van der Waals surface area contributed by atoms with Crippen LogP contribution in [0.4, 0.5) is 0 Å². The monoisotopic (exact) mass is 174 g/mol. The van der Waals surface area contributed by atoms with Crippen molar-refractivity contribution in [2.75, 3.05) is 6.61 Å². The third-order valence-corrected chi connectivity index (χ3v) is 2.33. The molecule has 0 saturated heterocycles. The van der Waals surface area contributed by atoms with Gasteiger partial charge in [-0.05, 0) is 29.7 Å². The fourth-order valence-corrected chi connectivity index (χ4v) is 1.50. The van der Waals surface area contributed by atoms with E-state index < -0.39 is 0 Å². The molecule has 1 aliphatic heterocycles. The van der Waals surface area contributed by atoms with Crippen LogP contribution in [0.3, 0.4) is 0 Å². The second kappa shape index (κ2) is 3.25. The second-order valence-electron chi connectivity index (χ2n) is 3.67. The fraction of sp³-hybridized carbons (Fsp3) is 0.333. The Balaban J connectivity index is 2.43. The Morgan fingerprint density at radius 1 is 1.31 bits per heavy atom. The van der Waals surface area contributed by atoms with E-state index in [1.54, 1.807) is 0 Å².